The zero-order valence-electron chi connectivity index (χ0n) is 18.1. The Balaban J connectivity index is 1.76. The number of phenols is 1. The minimum absolute atomic E-state index is 0.0942. The fraction of sp³-hybridized carbons (Fsp3) is 0.192. The molecule has 172 valence electrons. The van der Waals surface area contributed by atoms with Crippen LogP contribution in [0.1, 0.15) is 22.7 Å². The van der Waals surface area contributed by atoms with Crippen molar-refractivity contribution in [3.8, 4) is 5.75 Å². The number of benzene rings is 3. The van der Waals surface area contributed by atoms with Crippen molar-refractivity contribution in [2.45, 2.75) is 18.5 Å². The average Bonchev–Trinajstić information content (AvgIpc) is 3.31. The van der Waals surface area contributed by atoms with Gasteiger partial charge in [0, 0.05) is 16.1 Å². The molecule has 0 saturated carbocycles. The number of carbonyl (C=O) groups is 3. The van der Waals surface area contributed by atoms with Gasteiger partial charge in [0.25, 0.3) is 0 Å². The molecule has 0 aliphatic carbocycles. The number of hydrogen-bond acceptors (Lipinski definition) is 5. The Morgan fingerprint density at radius 2 is 1.68 bits per heavy atom. The Kier molecular flexibility index (Phi) is 5.30. The normalized spacial score (nSPS) is 26.1. The zero-order chi connectivity index (χ0) is 24.2. The maximum absolute atomic E-state index is 13.9. The molecule has 34 heavy (non-hydrogen) atoms. The lowest BCUT2D eigenvalue weighted by Gasteiger charge is -2.32. The molecule has 0 bridgehead atoms. The van der Waals surface area contributed by atoms with Gasteiger partial charge in [-0.25, -0.2) is 9.69 Å². The van der Waals surface area contributed by atoms with Crippen LogP contribution in [0.5, 0.6) is 5.75 Å². The first kappa shape index (κ1) is 22.3. The summed E-state index contributed by atoms with van der Waals surface area (Å²) in [5.41, 5.74) is -0.00946. The summed E-state index contributed by atoms with van der Waals surface area (Å²) in [6.45, 7) is 1.79. The van der Waals surface area contributed by atoms with Gasteiger partial charge in [-0.3, -0.25) is 14.9 Å². The molecule has 4 atom stereocenters. The number of imide groups is 1. The van der Waals surface area contributed by atoms with Crippen LogP contribution in [0.25, 0.3) is 0 Å². The van der Waals surface area contributed by atoms with Crippen molar-refractivity contribution in [1.82, 2.24) is 5.32 Å². The van der Waals surface area contributed by atoms with Crippen LogP contribution in [0.15, 0.2) is 77.3 Å². The van der Waals surface area contributed by atoms with E-state index < -0.39 is 41.2 Å². The van der Waals surface area contributed by atoms with Crippen molar-refractivity contribution in [2.24, 2.45) is 11.8 Å². The molecule has 8 heteroatoms. The van der Waals surface area contributed by atoms with Gasteiger partial charge < -0.3 is 10.2 Å². The number of amides is 2. The fourth-order valence-corrected chi connectivity index (χ4v) is 5.67. The second-order valence-corrected chi connectivity index (χ2v) is 9.52. The molecule has 3 aromatic carbocycles. The number of anilines is 1. The lowest BCUT2D eigenvalue weighted by molar-refractivity contribution is -0.149. The molecule has 2 saturated heterocycles. The Morgan fingerprint density at radius 3 is 2.35 bits per heavy atom. The van der Waals surface area contributed by atoms with Crippen LogP contribution < -0.4 is 10.2 Å². The first-order chi connectivity index (χ1) is 16.3. The number of rotatable bonds is 4. The maximum Gasteiger partial charge on any atom is 0.329 e. The molecule has 0 spiro atoms. The third kappa shape index (κ3) is 3.09. The predicted octanol–water partition coefficient (Wildman–Crippen LogP) is 3.89. The van der Waals surface area contributed by atoms with Gasteiger partial charge in [-0.2, -0.15) is 0 Å². The molecule has 3 aromatic rings. The number of aliphatic carboxylic acids is 1. The minimum atomic E-state index is -1.87. The lowest BCUT2D eigenvalue weighted by atomic mass is 9.75. The van der Waals surface area contributed by atoms with Gasteiger partial charge in [-0.1, -0.05) is 64.5 Å². The van der Waals surface area contributed by atoms with Gasteiger partial charge in [0.15, 0.2) is 5.54 Å². The van der Waals surface area contributed by atoms with Crippen molar-refractivity contribution in [2.75, 3.05) is 4.90 Å². The van der Waals surface area contributed by atoms with Crippen LogP contribution in [0.3, 0.4) is 0 Å². The molecule has 3 N–H and O–H groups in total. The van der Waals surface area contributed by atoms with E-state index in [1.165, 1.54) is 6.07 Å². The summed E-state index contributed by atoms with van der Waals surface area (Å²) in [6.07, 6.45) is 0. The highest BCUT2D eigenvalue weighted by Gasteiger charge is 2.69. The summed E-state index contributed by atoms with van der Waals surface area (Å²) in [7, 11) is 0. The number of carboxylic acids is 1. The van der Waals surface area contributed by atoms with E-state index in [1.54, 1.807) is 73.7 Å². The number of phenolic OH excluding ortho intramolecular Hbond substituents is 1. The van der Waals surface area contributed by atoms with E-state index in [1.807, 2.05) is 0 Å². The SMILES string of the molecule is Cc1ccccc1N1C(=O)C2C(c3cc(Br)ccc3O)NC(C(=O)O)(c3ccccc3)C2C1=O. The highest BCUT2D eigenvalue weighted by molar-refractivity contribution is 9.10. The van der Waals surface area contributed by atoms with E-state index in [9.17, 15) is 24.6 Å². The summed E-state index contributed by atoms with van der Waals surface area (Å²) in [5.74, 6) is -4.70. The minimum Gasteiger partial charge on any atom is -0.508 e. The van der Waals surface area contributed by atoms with Crippen molar-refractivity contribution in [3.63, 3.8) is 0 Å². The number of halogens is 1. The van der Waals surface area contributed by atoms with Crippen LogP contribution in [0.2, 0.25) is 0 Å². The summed E-state index contributed by atoms with van der Waals surface area (Å²) in [5, 5.41) is 24.3. The van der Waals surface area contributed by atoms with Crippen LogP contribution >= 0.6 is 15.9 Å². The van der Waals surface area contributed by atoms with Crippen LogP contribution in [0.4, 0.5) is 5.69 Å². The Labute approximate surface area is 204 Å². The van der Waals surface area contributed by atoms with E-state index in [0.717, 1.165) is 10.5 Å². The summed E-state index contributed by atoms with van der Waals surface area (Å²) >= 11 is 3.39. The number of nitrogens with one attached hydrogen (secondary N) is 1. The number of aryl methyl sites for hydroxylation is 1. The predicted molar refractivity (Wildman–Crippen MR) is 128 cm³/mol. The molecule has 7 nitrogen and oxygen atoms in total. The Bertz CT molecular complexity index is 1330. The number of nitrogens with zero attached hydrogens (tertiary/aromatic N) is 1. The van der Waals surface area contributed by atoms with Gasteiger partial charge in [-0.15, -0.1) is 0 Å². The first-order valence-corrected chi connectivity index (χ1v) is 11.5. The fourth-order valence-electron chi connectivity index (χ4n) is 5.29. The molecule has 0 radical (unpaired) electrons. The van der Waals surface area contributed by atoms with E-state index in [2.05, 4.69) is 21.2 Å². The number of fused-ring (bicyclic) bond motifs is 1. The molecule has 2 heterocycles. The molecule has 0 aromatic heterocycles. The molecule has 5 rings (SSSR count). The van der Waals surface area contributed by atoms with Gasteiger partial charge in [0.2, 0.25) is 11.8 Å². The number of carboxylic acid groups (broad SMARTS) is 1. The maximum atomic E-state index is 13.9. The molecule has 2 fully saturated rings. The molecule has 2 aliphatic heterocycles. The number of carbonyl (C=O) groups excluding carboxylic acids is 2. The molecule has 2 aliphatic rings. The molecular weight excluding hydrogens is 500 g/mol. The molecular formula is C26H21BrN2O5. The van der Waals surface area contributed by atoms with Crippen molar-refractivity contribution < 1.29 is 24.6 Å². The number of hydrogen-bond donors (Lipinski definition) is 3. The number of para-hydroxylation sites is 1. The van der Waals surface area contributed by atoms with Gasteiger partial charge >= 0.3 is 5.97 Å². The van der Waals surface area contributed by atoms with Crippen LogP contribution in [-0.4, -0.2) is 28.0 Å². The van der Waals surface area contributed by atoms with Crippen LogP contribution in [-0.2, 0) is 19.9 Å². The highest BCUT2D eigenvalue weighted by Crippen LogP contribution is 2.55. The monoisotopic (exact) mass is 520 g/mol. The second kappa shape index (κ2) is 8.07. The third-order valence-electron chi connectivity index (χ3n) is 6.81. The largest absolute Gasteiger partial charge is 0.508 e. The average molecular weight is 521 g/mol. The first-order valence-electron chi connectivity index (χ1n) is 10.8. The van der Waals surface area contributed by atoms with Gasteiger partial charge in [0.1, 0.15) is 5.75 Å². The highest BCUT2D eigenvalue weighted by atomic mass is 79.9. The lowest BCUT2D eigenvalue weighted by Crippen LogP contribution is -2.53. The van der Waals surface area contributed by atoms with Crippen LogP contribution in [0, 0.1) is 18.8 Å². The van der Waals surface area contributed by atoms with E-state index in [0.29, 0.717) is 21.3 Å². The Hall–Kier alpha value is -3.49. The standard InChI is InChI=1S/C26H21BrN2O5/c1-14-7-5-6-10-18(14)29-23(31)20-21(24(29)32)26(25(33)34,15-8-3-2-4-9-15)28-22(20)17-13-16(27)11-12-19(17)30/h2-13,20-22,28,30H,1H3,(H,33,34). The summed E-state index contributed by atoms with van der Waals surface area (Å²) in [6, 6.07) is 19.3. The van der Waals surface area contributed by atoms with Crippen molar-refractivity contribution in [1.29, 1.82) is 0 Å². The Morgan fingerprint density at radius 1 is 1.00 bits per heavy atom. The molecule has 4 unspecified atom stereocenters. The van der Waals surface area contributed by atoms with E-state index >= 15 is 0 Å². The summed E-state index contributed by atoms with van der Waals surface area (Å²) in [4.78, 5) is 41.8. The third-order valence-corrected chi connectivity index (χ3v) is 7.30. The smallest absolute Gasteiger partial charge is 0.329 e. The van der Waals surface area contributed by atoms with Crippen molar-refractivity contribution in [3.05, 3.63) is 94.0 Å². The molecule has 2 amide bonds. The van der Waals surface area contributed by atoms with Gasteiger partial charge in [-0.05, 0) is 42.3 Å². The number of aromatic hydroxyl groups is 1. The summed E-state index contributed by atoms with van der Waals surface area (Å²) < 4.78 is 0.652. The zero-order valence-corrected chi connectivity index (χ0v) is 19.7. The topological polar surface area (TPSA) is 107 Å². The van der Waals surface area contributed by atoms with Gasteiger partial charge in [0.05, 0.1) is 17.5 Å². The second-order valence-electron chi connectivity index (χ2n) is 8.61. The quantitative estimate of drug-likeness (QED) is 0.450. The van der Waals surface area contributed by atoms with E-state index in [-0.39, 0.29) is 5.75 Å². The van der Waals surface area contributed by atoms with Crippen molar-refractivity contribution >= 4 is 39.4 Å². The van der Waals surface area contributed by atoms with E-state index in [4.69, 9.17) is 0 Å².